The number of azo groups is 3. The van der Waals surface area contributed by atoms with E-state index >= 15 is 0 Å². The molecule has 0 atom stereocenters. The topological polar surface area (TPSA) is 381 Å². The van der Waals surface area contributed by atoms with Crippen LogP contribution in [0, 0.1) is 15.9 Å². The second-order valence-corrected chi connectivity index (χ2v) is 15.7. The van der Waals surface area contributed by atoms with Gasteiger partial charge >= 0.3 is 5.97 Å². The highest BCUT2D eigenvalue weighted by Crippen LogP contribution is 2.46. The Morgan fingerprint density at radius 2 is 1.32 bits per heavy atom. The van der Waals surface area contributed by atoms with Crippen LogP contribution in [0.4, 0.5) is 44.2 Å². The van der Waals surface area contributed by atoms with Gasteiger partial charge in [-0.1, -0.05) is 12.1 Å². The number of carboxylic acids is 1. The smallest absolute Gasteiger partial charge is 0.309 e. The van der Waals surface area contributed by atoms with Crippen LogP contribution in [0.1, 0.15) is 5.69 Å². The van der Waals surface area contributed by atoms with Gasteiger partial charge in [-0.05, 0) is 47.9 Å². The fraction of sp³-hybridized carbons (Fsp3) is 0.135. The average Bonchev–Trinajstić information content (AvgIpc) is 3.55. The molecule has 0 saturated carbocycles. The van der Waals surface area contributed by atoms with Crippen molar-refractivity contribution in [2.24, 2.45) is 30.7 Å². The van der Waals surface area contributed by atoms with E-state index in [9.17, 15) is 70.8 Å². The molecule has 1 heterocycles. The number of aliphatic hydroxyl groups is 2. The van der Waals surface area contributed by atoms with Crippen molar-refractivity contribution in [3.05, 3.63) is 100 Å². The fourth-order valence-corrected chi connectivity index (χ4v) is 7.05. The van der Waals surface area contributed by atoms with Crippen molar-refractivity contribution in [1.82, 2.24) is 9.78 Å². The Bertz CT molecular complexity index is 3180. The zero-order valence-corrected chi connectivity index (χ0v) is 34.2. The third kappa shape index (κ3) is 10.7. The number of rotatable bonds is 18. The standard InChI is InChI=1S/C37H30FN9O16S2/c38-23-3-1-2-4-24(23)39-43-34-28(18-33(50)51)45-46(37(34)53)20-5-7-22-19(13-20)14-32(65(59,60)61)35(36(22)52)44-42-27-17-29(62-11-9-48)26(16-30(27)63-12-10-49)41-40-25-8-6-21(47(54)55)15-31(25)64(56,57)58/h1-8,13-17,48-49,52-53H,9-12,18H2,(H,50,51)(H,56,57,58)(H,59,60,61). The van der Waals surface area contributed by atoms with Crippen LogP contribution in [0.15, 0.2) is 119 Å². The summed E-state index contributed by atoms with van der Waals surface area (Å²) in [6, 6.07) is 14.2. The number of carboxylic acid groups (broad SMARTS) is 1. The van der Waals surface area contributed by atoms with E-state index < -0.39 is 107 Å². The van der Waals surface area contributed by atoms with Crippen molar-refractivity contribution < 1.29 is 75.1 Å². The molecule has 1 aromatic heterocycles. The van der Waals surface area contributed by atoms with Crippen molar-refractivity contribution in [3.63, 3.8) is 0 Å². The molecule has 7 N–H and O–H groups in total. The van der Waals surface area contributed by atoms with Crippen LogP contribution in [-0.4, -0.2) is 98.6 Å². The largest absolute Gasteiger partial charge is 0.505 e. The monoisotopic (exact) mass is 939 g/mol. The first-order valence-corrected chi connectivity index (χ1v) is 20.9. The summed E-state index contributed by atoms with van der Waals surface area (Å²) in [5.74, 6) is -4.30. The lowest BCUT2D eigenvalue weighted by atomic mass is 10.1. The molecule has 0 amide bonds. The Hall–Kier alpha value is -7.89. The van der Waals surface area contributed by atoms with Gasteiger partial charge < -0.3 is 35.0 Å². The highest BCUT2D eigenvalue weighted by molar-refractivity contribution is 7.86. The molecule has 0 bridgehead atoms. The van der Waals surface area contributed by atoms with Gasteiger partial charge in [0.2, 0.25) is 5.88 Å². The van der Waals surface area contributed by atoms with Crippen LogP contribution in [0.5, 0.6) is 23.1 Å². The number of carbonyl (C=O) groups is 1. The van der Waals surface area contributed by atoms with Gasteiger partial charge in [-0.2, -0.15) is 26.6 Å². The van der Waals surface area contributed by atoms with Crippen LogP contribution in [0.2, 0.25) is 0 Å². The molecule has 6 rings (SSSR count). The number of phenolic OH excluding ortho intramolecular Hbond substituents is 1. The predicted molar refractivity (Wildman–Crippen MR) is 219 cm³/mol. The number of aromatic nitrogens is 2. The van der Waals surface area contributed by atoms with Gasteiger partial charge in [0.05, 0.1) is 30.2 Å². The minimum absolute atomic E-state index is 0.0508. The molecule has 0 saturated heterocycles. The first kappa shape index (κ1) is 46.6. The summed E-state index contributed by atoms with van der Waals surface area (Å²) in [6.45, 7) is -1.90. The Labute approximate surface area is 363 Å². The van der Waals surface area contributed by atoms with Crippen molar-refractivity contribution in [1.29, 1.82) is 0 Å². The lowest BCUT2D eigenvalue weighted by Crippen LogP contribution is -2.04. The van der Waals surface area contributed by atoms with E-state index in [0.717, 1.165) is 41.1 Å². The SMILES string of the molecule is O=C(O)Cc1nn(-c2ccc3c(O)c(N=Nc4cc(OCCO)c(N=Nc5ccc([N+](=O)[O-])cc5S(=O)(=O)O)cc4OCCO)c(S(=O)(=O)O)cc3c2)c(O)c1N=Nc1ccccc1F. The maximum atomic E-state index is 14.2. The molecule has 338 valence electrons. The number of hydrogen-bond acceptors (Lipinski definition) is 20. The second-order valence-electron chi connectivity index (χ2n) is 12.9. The zero-order chi connectivity index (χ0) is 47.2. The van der Waals surface area contributed by atoms with E-state index in [4.69, 9.17) is 9.47 Å². The van der Waals surface area contributed by atoms with Gasteiger partial charge in [0.15, 0.2) is 17.3 Å². The van der Waals surface area contributed by atoms with Crippen molar-refractivity contribution in [3.8, 4) is 28.8 Å². The van der Waals surface area contributed by atoms with Crippen molar-refractivity contribution >= 4 is 76.8 Å². The molecule has 25 nitrogen and oxygen atoms in total. The van der Waals surface area contributed by atoms with Crippen molar-refractivity contribution in [2.75, 3.05) is 26.4 Å². The summed E-state index contributed by atoms with van der Waals surface area (Å²) in [7, 11) is -10.3. The van der Waals surface area contributed by atoms with E-state index in [-0.39, 0.29) is 57.3 Å². The van der Waals surface area contributed by atoms with Crippen LogP contribution >= 0.6 is 0 Å². The van der Waals surface area contributed by atoms with E-state index in [1.54, 1.807) is 0 Å². The number of ether oxygens (including phenoxy) is 2. The molecule has 5 aromatic carbocycles. The molecule has 28 heteroatoms. The zero-order valence-electron chi connectivity index (χ0n) is 32.6. The lowest BCUT2D eigenvalue weighted by Gasteiger charge is -2.13. The number of phenols is 1. The fourth-order valence-electron chi connectivity index (χ4n) is 5.74. The van der Waals surface area contributed by atoms with Crippen LogP contribution in [0.25, 0.3) is 16.5 Å². The summed E-state index contributed by atoms with van der Waals surface area (Å²) in [4.78, 5) is 20.0. The molecule has 0 fully saturated rings. The van der Waals surface area contributed by atoms with E-state index in [0.29, 0.717) is 6.07 Å². The average molecular weight is 940 g/mol. The Kier molecular flexibility index (Phi) is 13.8. The molecule has 0 aliphatic heterocycles. The summed E-state index contributed by atoms with van der Waals surface area (Å²) in [5.41, 5.74) is -3.68. The summed E-state index contributed by atoms with van der Waals surface area (Å²) in [5, 5.41) is 89.1. The molecule has 0 spiro atoms. The molecular weight excluding hydrogens is 910 g/mol. The highest BCUT2D eigenvalue weighted by atomic mass is 32.2. The number of aromatic hydroxyl groups is 2. The highest BCUT2D eigenvalue weighted by Gasteiger charge is 2.26. The minimum atomic E-state index is -5.25. The maximum Gasteiger partial charge on any atom is 0.309 e. The molecule has 6 aromatic rings. The lowest BCUT2D eigenvalue weighted by molar-refractivity contribution is -0.385. The minimum Gasteiger partial charge on any atom is -0.505 e. The summed E-state index contributed by atoms with van der Waals surface area (Å²) < 4.78 is 95.6. The van der Waals surface area contributed by atoms with Gasteiger partial charge in [-0.25, -0.2) is 4.39 Å². The molecule has 0 unspecified atom stereocenters. The second kappa shape index (κ2) is 19.2. The number of aliphatic carboxylic acids is 1. The Morgan fingerprint density at radius 3 is 1.91 bits per heavy atom. The third-order valence-corrected chi connectivity index (χ3v) is 10.3. The van der Waals surface area contributed by atoms with Gasteiger partial charge in [-0.15, -0.1) is 30.7 Å². The van der Waals surface area contributed by atoms with Crippen LogP contribution < -0.4 is 9.47 Å². The molecule has 0 aliphatic rings. The number of hydrogen-bond donors (Lipinski definition) is 7. The van der Waals surface area contributed by atoms with Gasteiger partial charge in [0, 0.05) is 29.7 Å². The first-order chi connectivity index (χ1) is 30.8. The van der Waals surface area contributed by atoms with Gasteiger partial charge in [-0.3, -0.25) is 24.0 Å². The molecule has 65 heavy (non-hydrogen) atoms. The van der Waals surface area contributed by atoms with E-state index in [1.165, 1.54) is 36.4 Å². The number of non-ortho nitro benzene ring substituents is 1. The normalized spacial score (nSPS) is 12.2. The molecular formula is C37H30FN9O16S2. The van der Waals surface area contributed by atoms with E-state index in [2.05, 4.69) is 35.8 Å². The van der Waals surface area contributed by atoms with Crippen molar-refractivity contribution in [2.45, 2.75) is 16.2 Å². The van der Waals surface area contributed by atoms with Gasteiger partial charge in [0.1, 0.15) is 68.6 Å². The number of nitro benzene ring substituents is 1. The number of aliphatic hydroxyl groups excluding tert-OH is 2. The number of nitrogens with zero attached hydrogens (tertiary/aromatic N) is 9. The first-order valence-electron chi connectivity index (χ1n) is 18.0. The maximum absolute atomic E-state index is 14.2. The quantitative estimate of drug-likeness (QED) is 0.0207. The molecule has 0 radical (unpaired) electrons. The number of fused-ring (bicyclic) bond motifs is 1. The number of nitro groups is 1. The van der Waals surface area contributed by atoms with E-state index in [1.807, 2.05) is 0 Å². The number of halogens is 1. The summed E-state index contributed by atoms with van der Waals surface area (Å²) in [6.07, 6.45) is -0.767. The van der Waals surface area contributed by atoms with Gasteiger partial charge in [0.25, 0.3) is 25.9 Å². The van der Waals surface area contributed by atoms with Crippen LogP contribution in [-0.2, 0) is 31.5 Å². The number of benzene rings is 5. The Balaban J connectivity index is 1.44. The van der Waals surface area contributed by atoms with Crippen LogP contribution in [0.3, 0.4) is 0 Å². The Morgan fingerprint density at radius 1 is 0.738 bits per heavy atom. The molecule has 0 aliphatic carbocycles. The third-order valence-electron chi connectivity index (χ3n) is 8.59. The predicted octanol–water partition coefficient (Wildman–Crippen LogP) is 6.59. The summed E-state index contributed by atoms with van der Waals surface area (Å²) >= 11 is 0.